The third kappa shape index (κ3) is 5.97. The number of hydrogen-bond acceptors (Lipinski definition) is 4. The number of guanidine groups is 1. The third-order valence-electron chi connectivity index (χ3n) is 5.39. The predicted octanol–water partition coefficient (Wildman–Crippen LogP) is 2.42. The summed E-state index contributed by atoms with van der Waals surface area (Å²) in [7, 11) is 0. The smallest absolute Gasteiger partial charge is 0.251 e. The largest absolute Gasteiger partial charge is 0.507 e. The molecule has 0 spiro atoms. The van der Waals surface area contributed by atoms with Gasteiger partial charge >= 0.3 is 0 Å². The zero-order valence-corrected chi connectivity index (χ0v) is 19.9. The Hall–Kier alpha value is -1.55. The van der Waals surface area contributed by atoms with Gasteiger partial charge in [-0.25, -0.2) is 4.99 Å². The lowest BCUT2D eigenvalue weighted by atomic mass is 10.1. The van der Waals surface area contributed by atoms with E-state index >= 15 is 0 Å². The number of hydrogen-bond donors (Lipinski definition) is 2. The average molecular weight is 516 g/mol. The number of amides is 1. The first-order chi connectivity index (χ1) is 13.5. The minimum absolute atomic E-state index is 0. The Morgan fingerprint density at radius 1 is 1.21 bits per heavy atom. The van der Waals surface area contributed by atoms with Crippen molar-refractivity contribution in [3.8, 4) is 5.75 Å². The molecule has 1 atom stereocenters. The van der Waals surface area contributed by atoms with Crippen LogP contribution in [-0.4, -0.2) is 72.2 Å². The van der Waals surface area contributed by atoms with Gasteiger partial charge in [0.2, 0.25) is 0 Å². The quantitative estimate of drug-likeness (QED) is 0.365. The Morgan fingerprint density at radius 3 is 2.38 bits per heavy atom. The van der Waals surface area contributed by atoms with Gasteiger partial charge in [-0.05, 0) is 50.3 Å². The zero-order valence-electron chi connectivity index (χ0n) is 17.6. The fourth-order valence-corrected chi connectivity index (χ4v) is 3.84. The number of ether oxygens (including phenoxy) is 1. The first-order valence-corrected chi connectivity index (χ1v) is 10.2. The normalized spacial score (nSPS) is 19.8. The van der Waals surface area contributed by atoms with Crippen LogP contribution in [0.2, 0.25) is 0 Å². The van der Waals surface area contributed by atoms with Gasteiger partial charge in [-0.3, -0.25) is 4.79 Å². The van der Waals surface area contributed by atoms with Gasteiger partial charge in [0, 0.05) is 39.3 Å². The lowest BCUT2D eigenvalue weighted by Crippen LogP contribution is -2.55. The number of phenolic OH excluding ortho intramolecular Hbond substituents is 1. The van der Waals surface area contributed by atoms with Gasteiger partial charge in [-0.2, -0.15) is 0 Å². The van der Waals surface area contributed by atoms with Crippen LogP contribution in [0.25, 0.3) is 0 Å². The molecule has 1 unspecified atom stereocenters. The fraction of sp³-hybridized carbons (Fsp3) is 0.619. The summed E-state index contributed by atoms with van der Waals surface area (Å²) in [5.41, 5.74) is 2.82. The summed E-state index contributed by atoms with van der Waals surface area (Å²) in [6.45, 7) is 10.8. The molecule has 8 heteroatoms. The van der Waals surface area contributed by atoms with Crippen LogP contribution in [0, 0.1) is 13.8 Å². The molecule has 1 amide bonds. The second-order valence-electron chi connectivity index (χ2n) is 7.56. The standard InChI is InChI=1S/C21H32N4O3.HI/c1-4-22-21(23-14-17-12-15(2)19(26)16(3)13-17)25-9-7-24(8-10-25)20(27)18-6-5-11-28-18;/h12-13,18,26H,4-11,14H2,1-3H3,(H,22,23);1H. The second kappa shape index (κ2) is 11.0. The van der Waals surface area contributed by atoms with Crippen molar-refractivity contribution in [3.05, 3.63) is 28.8 Å². The minimum Gasteiger partial charge on any atom is -0.507 e. The summed E-state index contributed by atoms with van der Waals surface area (Å²) in [6.07, 6.45) is 1.58. The molecule has 1 aromatic rings. The van der Waals surface area contributed by atoms with E-state index in [4.69, 9.17) is 9.73 Å². The molecular weight excluding hydrogens is 483 g/mol. The highest BCUT2D eigenvalue weighted by Gasteiger charge is 2.30. The van der Waals surface area contributed by atoms with E-state index in [0.717, 1.165) is 55.1 Å². The summed E-state index contributed by atoms with van der Waals surface area (Å²) in [5.74, 6) is 1.36. The number of nitrogens with one attached hydrogen (secondary N) is 1. The van der Waals surface area contributed by atoms with Crippen LogP contribution in [0.4, 0.5) is 0 Å². The molecule has 29 heavy (non-hydrogen) atoms. The fourth-order valence-electron chi connectivity index (χ4n) is 3.84. The van der Waals surface area contributed by atoms with E-state index in [1.54, 1.807) is 0 Å². The molecule has 2 aliphatic heterocycles. The lowest BCUT2D eigenvalue weighted by molar-refractivity contribution is -0.142. The number of halogens is 1. The number of nitrogens with zero attached hydrogens (tertiary/aromatic N) is 3. The van der Waals surface area contributed by atoms with Crippen molar-refractivity contribution in [1.29, 1.82) is 0 Å². The molecule has 0 bridgehead atoms. The molecule has 2 fully saturated rings. The van der Waals surface area contributed by atoms with E-state index in [-0.39, 0.29) is 36.0 Å². The topological polar surface area (TPSA) is 77.4 Å². The molecule has 1 aromatic carbocycles. The molecule has 162 valence electrons. The van der Waals surface area contributed by atoms with Gasteiger partial charge in [0.1, 0.15) is 11.9 Å². The number of benzene rings is 1. The summed E-state index contributed by atoms with van der Waals surface area (Å²) in [4.78, 5) is 21.4. The van der Waals surface area contributed by atoms with Crippen LogP contribution >= 0.6 is 24.0 Å². The number of aryl methyl sites for hydroxylation is 2. The molecule has 2 aliphatic rings. The van der Waals surface area contributed by atoms with Crippen molar-refractivity contribution >= 4 is 35.8 Å². The van der Waals surface area contributed by atoms with Crippen LogP contribution in [0.1, 0.15) is 36.5 Å². The van der Waals surface area contributed by atoms with Gasteiger partial charge in [0.25, 0.3) is 5.91 Å². The number of rotatable bonds is 4. The molecule has 7 nitrogen and oxygen atoms in total. The minimum atomic E-state index is -0.241. The third-order valence-corrected chi connectivity index (χ3v) is 5.39. The number of phenols is 1. The summed E-state index contributed by atoms with van der Waals surface area (Å²) in [6, 6.07) is 3.96. The number of piperazine rings is 1. The number of aliphatic imine (C=N–C) groups is 1. The van der Waals surface area contributed by atoms with Crippen molar-refractivity contribution in [3.63, 3.8) is 0 Å². The van der Waals surface area contributed by atoms with E-state index in [2.05, 4.69) is 17.1 Å². The first kappa shape index (κ1) is 23.7. The Balaban J connectivity index is 0.00000300. The van der Waals surface area contributed by atoms with Crippen molar-refractivity contribution < 1.29 is 14.6 Å². The van der Waals surface area contributed by atoms with Crippen molar-refractivity contribution in [2.45, 2.75) is 46.3 Å². The van der Waals surface area contributed by atoms with Crippen LogP contribution in [0.15, 0.2) is 17.1 Å². The Kier molecular flexibility index (Phi) is 9.01. The monoisotopic (exact) mass is 516 g/mol. The van der Waals surface area contributed by atoms with Crippen LogP contribution in [0.5, 0.6) is 5.75 Å². The lowest BCUT2D eigenvalue weighted by Gasteiger charge is -2.37. The number of carbonyl (C=O) groups excluding carboxylic acids is 1. The number of aromatic hydroxyl groups is 1. The van der Waals surface area contributed by atoms with Gasteiger partial charge in [-0.15, -0.1) is 24.0 Å². The highest BCUT2D eigenvalue weighted by atomic mass is 127. The highest BCUT2D eigenvalue weighted by Crippen LogP contribution is 2.23. The van der Waals surface area contributed by atoms with Gasteiger partial charge in [-0.1, -0.05) is 12.1 Å². The molecule has 0 radical (unpaired) electrons. The zero-order chi connectivity index (χ0) is 20.1. The summed E-state index contributed by atoms with van der Waals surface area (Å²) >= 11 is 0. The number of carbonyl (C=O) groups is 1. The molecule has 0 aromatic heterocycles. The van der Waals surface area contributed by atoms with Crippen LogP contribution in [0.3, 0.4) is 0 Å². The van der Waals surface area contributed by atoms with Crippen LogP contribution < -0.4 is 5.32 Å². The molecular formula is C21H33IN4O3. The molecule has 2 saturated heterocycles. The van der Waals surface area contributed by atoms with Crippen LogP contribution in [-0.2, 0) is 16.1 Å². The SMILES string of the molecule is CCNC(=NCc1cc(C)c(O)c(C)c1)N1CCN(C(=O)C2CCCO2)CC1.I. The molecule has 3 rings (SSSR count). The van der Waals surface area contributed by atoms with Crippen molar-refractivity contribution in [2.75, 3.05) is 39.3 Å². The summed E-state index contributed by atoms with van der Waals surface area (Å²) < 4.78 is 5.54. The maximum atomic E-state index is 12.5. The Morgan fingerprint density at radius 2 is 1.83 bits per heavy atom. The van der Waals surface area contributed by atoms with E-state index in [0.29, 0.717) is 32.0 Å². The Labute approximate surface area is 190 Å². The highest BCUT2D eigenvalue weighted by molar-refractivity contribution is 14.0. The van der Waals surface area contributed by atoms with Crippen molar-refractivity contribution in [1.82, 2.24) is 15.1 Å². The average Bonchev–Trinajstić information content (AvgIpc) is 3.23. The maximum absolute atomic E-state index is 12.5. The van der Waals surface area contributed by atoms with E-state index in [1.165, 1.54) is 0 Å². The molecule has 2 heterocycles. The van der Waals surface area contributed by atoms with Gasteiger partial charge < -0.3 is 25.0 Å². The Bertz CT molecular complexity index is 704. The second-order valence-corrected chi connectivity index (χ2v) is 7.56. The summed E-state index contributed by atoms with van der Waals surface area (Å²) in [5, 5.41) is 13.3. The first-order valence-electron chi connectivity index (χ1n) is 10.2. The van der Waals surface area contributed by atoms with Gasteiger partial charge in [0.15, 0.2) is 5.96 Å². The molecule has 0 aliphatic carbocycles. The van der Waals surface area contributed by atoms with E-state index in [9.17, 15) is 9.90 Å². The van der Waals surface area contributed by atoms with E-state index < -0.39 is 0 Å². The predicted molar refractivity (Wildman–Crippen MR) is 125 cm³/mol. The molecule has 2 N–H and O–H groups in total. The van der Waals surface area contributed by atoms with Crippen molar-refractivity contribution in [2.24, 2.45) is 4.99 Å². The van der Waals surface area contributed by atoms with Gasteiger partial charge in [0.05, 0.1) is 6.54 Å². The van der Waals surface area contributed by atoms with E-state index in [1.807, 2.05) is 30.9 Å². The molecule has 0 saturated carbocycles. The maximum Gasteiger partial charge on any atom is 0.251 e.